The van der Waals surface area contributed by atoms with E-state index in [0.717, 1.165) is 5.56 Å². The van der Waals surface area contributed by atoms with Crippen molar-refractivity contribution in [1.82, 2.24) is 0 Å². The van der Waals surface area contributed by atoms with Crippen LogP contribution in [0.1, 0.15) is 11.1 Å². The first kappa shape index (κ1) is 11.9. The molecule has 0 spiro atoms. The summed E-state index contributed by atoms with van der Waals surface area (Å²) >= 11 is 5.82. The number of nitrogens with one attached hydrogen (secondary N) is 1. The molecule has 0 atom stereocenters. The quantitative estimate of drug-likeness (QED) is 0.850. The molecule has 0 saturated carbocycles. The van der Waals surface area contributed by atoms with Crippen molar-refractivity contribution in [2.24, 2.45) is 0 Å². The minimum absolute atomic E-state index is 0.290. The standard InChI is InChI=1S/C14H13ClFN/c1-10-3-2-4-11(7-10)9-17-14-8-12(15)5-6-13(14)16/h2-8,17H,9H2,1H3. The maximum Gasteiger partial charge on any atom is 0.146 e. The van der Waals surface area contributed by atoms with Crippen LogP contribution in [0.25, 0.3) is 0 Å². The lowest BCUT2D eigenvalue weighted by Crippen LogP contribution is -2.01. The molecule has 0 aliphatic rings. The van der Waals surface area contributed by atoms with Gasteiger partial charge in [-0.25, -0.2) is 4.39 Å². The van der Waals surface area contributed by atoms with E-state index < -0.39 is 0 Å². The number of rotatable bonds is 3. The van der Waals surface area contributed by atoms with Gasteiger partial charge in [0.15, 0.2) is 0 Å². The molecule has 2 rings (SSSR count). The molecule has 2 aromatic rings. The van der Waals surface area contributed by atoms with Gasteiger partial charge in [-0.3, -0.25) is 0 Å². The summed E-state index contributed by atoms with van der Waals surface area (Å²) in [5.74, 6) is -0.290. The van der Waals surface area contributed by atoms with Gasteiger partial charge >= 0.3 is 0 Å². The zero-order chi connectivity index (χ0) is 12.3. The average molecular weight is 250 g/mol. The van der Waals surface area contributed by atoms with Crippen LogP contribution in [0, 0.1) is 12.7 Å². The highest BCUT2D eigenvalue weighted by atomic mass is 35.5. The Hall–Kier alpha value is -1.54. The molecule has 0 fully saturated rings. The molecule has 3 heteroatoms. The molecule has 1 nitrogen and oxygen atoms in total. The summed E-state index contributed by atoms with van der Waals surface area (Å²) in [6.45, 7) is 2.61. The van der Waals surface area contributed by atoms with Crippen molar-refractivity contribution in [3.8, 4) is 0 Å². The lowest BCUT2D eigenvalue weighted by atomic mass is 10.1. The molecular formula is C14H13ClFN. The second-order valence-electron chi connectivity index (χ2n) is 3.97. The van der Waals surface area contributed by atoms with Gasteiger partial charge in [0.25, 0.3) is 0 Å². The van der Waals surface area contributed by atoms with Gasteiger partial charge in [0, 0.05) is 11.6 Å². The van der Waals surface area contributed by atoms with Gasteiger partial charge in [-0.05, 0) is 30.7 Å². The van der Waals surface area contributed by atoms with Crippen LogP contribution >= 0.6 is 11.6 Å². The molecule has 0 aromatic heterocycles. The number of benzene rings is 2. The molecule has 0 aliphatic carbocycles. The molecule has 0 radical (unpaired) electrons. The Labute approximate surface area is 105 Å². The largest absolute Gasteiger partial charge is 0.379 e. The van der Waals surface area contributed by atoms with E-state index in [0.29, 0.717) is 17.3 Å². The highest BCUT2D eigenvalue weighted by Gasteiger charge is 2.02. The number of hydrogen-bond acceptors (Lipinski definition) is 1. The fourth-order valence-electron chi connectivity index (χ4n) is 1.65. The third-order valence-corrected chi connectivity index (χ3v) is 2.73. The lowest BCUT2D eigenvalue weighted by Gasteiger charge is -2.08. The fourth-order valence-corrected chi connectivity index (χ4v) is 1.82. The SMILES string of the molecule is Cc1cccc(CNc2cc(Cl)ccc2F)c1. The summed E-state index contributed by atoms with van der Waals surface area (Å²) in [7, 11) is 0. The van der Waals surface area contributed by atoms with E-state index in [-0.39, 0.29) is 5.82 Å². The Morgan fingerprint density at radius 2 is 2.00 bits per heavy atom. The normalized spacial score (nSPS) is 10.3. The highest BCUT2D eigenvalue weighted by Crippen LogP contribution is 2.20. The molecule has 0 saturated heterocycles. The van der Waals surface area contributed by atoms with E-state index in [1.165, 1.54) is 17.7 Å². The van der Waals surface area contributed by atoms with Crippen molar-refractivity contribution in [3.05, 3.63) is 64.4 Å². The van der Waals surface area contributed by atoms with Gasteiger partial charge in [0.05, 0.1) is 5.69 Å². The summed E-state index contributed by atoms with van der Waals surface area (Å²) in [5.41, 5.74) is 2.74. The minimum Gasteiger partial charge on any atom is -0.379 e. The average Bonchev–Trinajstić information content (AvgIpc) is 2.30. The van der Waals surface area contributed by atoms with Crippen LogP contribution in [-0.2, 0) is 6.54 Å². The predicted molar refractivity (Wildman–Crippen MR) is 69.9 cm³/mol. The Bertz CT molecular complexity index is 525. The predicted octanol–water partition coefficient (Wildman–Crippen LogP) is 4.40. The maximum absolute atomic E-state index is 13.4. The van der Waals surface area contributed by atoms with Crippen molar-refractivity contribution in [3.63, 3.8) is 0 Å². The number of aryl methyl sites for hydroxylation is 1. The van der Waals surface area contributed by atoms with E-state index in [4.69, 9.17) is 11.6 Å². The van der Waals surface area contributed by atoms with Crippen molar-refractivity contribution >= 4 is 17.3 Å². The summed E-state index contributed by atoms with van der Waals surface area (Å²) in [6.07, 6.45) is 0. The first-order valence-electron chi connectivity index (χ1n) is 5.39. The van der Waals surface area contributed by atoms with E-state index >= 15 is 0 Å². The van der Waals surface area contributed by atoms with Crippen LogP contribution in [0.2, 0.25) is 5.02 Å². The topological polar surface area (TPSA) is 12.0 Å². The molecule has 0 amide bonds. The third kappa shape index (κ3) is 3.21. The zero-order valence-electron chi connectivity index (χ0n) is 9.50. The molecule has 0 unspecified atom stereocenters. The van der Waals surface area contributed by atoms with Gasteiger partial charge in [-0.2, -0.15) is 0 Å². The van der Waals surface area contributed by atoms with Gasteiger partial charge < -0.3 is 5.32 Å². The lowest BCUT2D eigenvalue weighted by molar-refractivity contribution is 0.630. The van der Waals surface area contributed by atoms with E-state index in [9.17, 15) is 4.39 Å². The number of hydrogen-bond donors (Lipinski definition) is 1. The van der Waals surface area contributed by atoms with Crippen LogP contribution in [0.5, 0.6) is 0 Å². The minimum atomic E-state index is -0.290. The van der Waals surface area contributed by atoms with Crippen LogP contribution in [0.15, 0.2) is 42.5 Å². The Morgan fingerprint density at radius 3 is 2.76 bits per heavy atom. The Kier molecular flexibility index (Phi) is 3.64. The van der Waals surface area contributed by atoms with Gasteiger partial charge in [0.1, 0.15) is 5.82 Å². The van der Waals surface area contributed by atoms with E-state index in [2.05, 4.69) is 11.4 Å². The summed E-state index contributed by atoms with van der Waals surface area (Å²) < 4.78 is 13.4. The van der Waals surface area contributed by atoms with Gasteiger partial charge in [-0.15, -0.1) is 0 Å². The highest BCUT2D eigenvalue weighted by molar-refractivity contribution is 6.30. The van der Waals surface area contributed by atoms with E-state index in [1.807, 2.05) is 25.1 Å². The van der Waals surface area contributed by atoms with Gasteiger partial charge in [0.2, 0.25) is 0 Å². The second kappa shape index (κ2) is 5.19. The third-order valence-electron chi connectivity index (χ3n) is 2.49. The fraction of sp³-hybridized carbons (Fsp3) is 0.143. The molecule has 0 bridgehead atoms. The molecule has 88 valence electrons. The maximum atomic E-state index is 13.4. The molecule has 1 N–H and O–H groups in total. The van der Waals surface area contributed by atoms with Crippen molar-refractivity contribution in [1.29, 1.82) is 0 Å². The van der Waals surface area contributed by atoms with Crippen LogP contribution in [-0.4, -0.2) is 0 Å². The van der Waals surface area contributed by atoms with Crippen molar-refractivity contribution in [2.45, 2.75) is 13.5 Å². The first-order chi connectivity index (χ1) is 8.15. The molecule has 0 heterocycles. The molecule has 0 aliphatic heterocycles. The Balaban J connectivity index is 2.09. The number of anilines is 1. The summed E-state index contributed by atoms with van der Waals surface area (Å²) in [5, 5.41) is 3.56. The summed E-state index contributed by atoms with van der Waals surface area (Å²) in [6, 6.07) is 12.6. The van der Waals surface area contributed by atoms with Crippen LogP contribution in [0.3, 0.4) is 0 Å². The van der Waals surface area contributed by atoms with Crippen molar-refractivity contribution in [2.75, 3.05) is 5.32 Å². The smallest absolute Gasteiger partial charge is 0.146 e. The molecular weight excluding hydrogens is 237 g/mol. The molecule has 17 heavy (non-hydrogen) atoms. The monoisotopic (exact) mass is 249 g/mol. The number of halogens is 2. The summed E-state index contributed by atoms with van der Waals surface area (Å²) in [4.78, 5) is 0. The van der Waals surface area contributed by atoms with Crippen LogP contribution in [0.4, 0.5) is 10.1 Å². The van der Waals surface area contributed by atoms with E-state index in [1.54, 1.807) is 6.07 Å². The second-order valence-corrected chi connectivity index (χ2v) is 4.40. The van der Waals surface area contributed by atoms with Crippen molar-refractivity contribution < 1.29 is 4.39 Å². The zero-order valence-corrected chi connectivity index (χ0v) is 10.3. The Morgan fingerprint density at radius 1 is 1.18 bits per heavy atom. The van der Waals surface area contributed by atoms with Gasteiger partial charge in [-0.1, -0.05) is 41.4 Å². The van der Waals surface area contributed by atoms with Crippen LogP contribution < -0.4 is 5.32 Å². The molecule has 2 aromatic carbocycles. The first-order valence-corrected chi connectivity index (χ1v) is 5.77.